The molecule has 1 N–H and O–H groups in total. The summed E-state index contributed by atoms with van der Waals surface area (Å²) < 4.78 is 26.7. The van der Waals surface area contributed by atoms with Gasteiger partial charge in [-0.25, -0.2) is 18.6 Å². The van der Waals surface area contributed by atoms with E-state index in [0.29, 0.717) is 18.8 Å². The molecule has 1 aliphatic rings. The minimum atomic E-state index is -0.344. The van der Waals surface area contributed by atoms with Crippen molar-refractivity contribution in [1.82, 2.24) is 10.3 Å². The fraction of sp³-hybridized carbons (Fsp3) is 0.130. The summed E-state index contributed by atoms with van der Waals surface area (Å²) >= 11 is 0. The molecule has 4 rings (SSSR count). The van der Waals surface area contributed by atoms with E-state index in [2.05, 4.69) is 10.4 Å². The van der Waals surface area contributed by atoms with Crippen LogP contribution in [0.15, 0.2) is 84.0 Å². The van der Waals surface area contributed by atoms with E-state index < -0.39 is 0 Å². The molecule has 1 atom stereocenters. The van der Waals surface area contributed by atoms with E-state index in [0.717, 1.165) is 16.7 Å². The summed E-state index contributed by atoms with van der Waals surface area (Å²) in [6.07, 6.45) is 0. The lowest BCUT2D eigenvalue weighted by atomic mass is 9.90. The van der Waals surface area contributed by atoms with Gasteiger partial charge in [-0.3, -0.25) is 0 Å². The minimum Gasteiger partial charge on any atom is -0.332 e. The van der Waals surface area contributed by atoms with Gasteiger partial charge in [0.1, 0.15) is 11.6 Å². The Morgan fingerprint density at radius 2 is 1.55 bits per heavy atom. The highest BCUT2D eigenvalue weighted by atomic mass is 19.1. The Balaban J connectivity index is 1.57. The first-order valence-electron chi connectivity index (χ1n) is 9.29. The molecule has 1 aliphatic heterocycles. The number of rotatable bonds is 4. The summed E-state index contributed by atoms with van der Waals surface area (Å²) in [5.74, 6) is -0.906. The maximum absolute atomic E-state index is 13.4. The Kier molecular flexibility index (Phi) is 5.33. The smallest absolute Gasteiger partial charge is 0.332 e. The van der Waals surface area contributed by atoms with Gasteiger partial charge in [-0.1, -0.05) is 54.6 Å². The molecule has 3 aromatic carbocycles. The third kappa shape index (κ3) is 4.32. The summed E-state index contributed by atoms with van der Waals surface area (Å²) in [5, 5.41) is 8.74. The second-order valence-corrected chi connectivity index (χ2v) is 6.82. The molecule has 0 radical (unpaired) electrons. The fourth-order valence-corrected chi connectivity index (χ4v) is 3.33. The highest BCUT2D eigenvalue weighted by Gasteiger charge is 2.32. The molecule has 2 amide bonds. The number of halogens is 2. The topological polar surface area (TPSA) is 44.7 Å². The molecule has 0 spiro atoms. The summed E-state index contributed by atoms with van der Waals surface area (Å²) in [7, 11) is 0. The van der Waals surface area contributed by atoms with Crippen LogP contribution in [0.5, 0.6) is 0 Å². The van der Waals surface area contributed by atoms with Gasteiger partial charge in [-0.15, -0.1) is 0 Å². The molecule has 0 fully saturated rings. The lowest BCUT2D eigenvalue weighted by Crippen LogP contribution is -2.35. The molecule has 146 valence electrons. The van der Waals surface area contributed by atoms with E-state index in [1.165, 1.54) is 29.3 Å². The molecule has 0 aromatic heterocycles. The van der Waals surface area contributed by atoms with Crippen molar-refractivity contribution in [2.45, 2.75) is 12.5 Å². The molecule has 0 saturated carbocycles. The third-order valence-corrected chi connectivity index (χ3v) is 4.85. The van der Waals surface area contributed by atoms with Crippen LogP contribution in [-0.4, -0.2) is 23.3 Å². The first kappa shape index (κ1) is 18.8. The highest BCUT2D eigenvalue weighted by molar-refractivity contribution is 6.07. The largest absolute Gasteiger partial charge is 0.338 e. The molecule has 3 aromatic rings. The van der Waals surface area contributed by atoms with Crippen molar-refractivity contribution in [1.29, 1.82) is 0 Å². The Bertz CT molecular complexity index is 1020. The normalized spacial score (nSPS) is 15.9. The predicted octanol–water partition coefficient (Wildman–Crippen LogP) is 4.68. The van der Waals surface area contributed by atoms with E-state index in [4.69, 9.17) is 0 Å². The van der Waals surface area contributed by atoms with Crippen molar-refractivity contribution in [3.8, 4) is 0 Å². The molecule has 0 unspecified atom stereocenters. The van der Waals surface area contributed by atoms with Crippen LogP contribution in [0.4, 0.5) is 13.6 Å². The minimum absolute atomic E-state index is 0.233. The van der Waals surface area contributed by atoms with Gasteiger partial charge < -0.3 is 5.32 Å². The number of amides is 2. The van der Waals surface area contributed by atoms with Gasteiger partial charge in [0.2, 0.25) is 0 Å². The summed E-state index contributed by atoms with van der Waals surface area (Å²) in [6, 6.07) is 21.4. The van der Waals surface area contributed by atoms with Gasteiger partial charge in [-0.05, 0) is 41.0 Å². The Morgan fingerprint density at radius 3 is 2.21 bits per heavy atom. The Hall–Kier alpha value is -3.54. The monoisotopic (exact) mass is 391 g/mol. The van der Waals surface area contributed by atoms with Crippen molar-refractivity contribution < 1.29 is 13.6 Å². The number of nitrogens with zero attached hydrogens (tertiary/aromatic N) is 2. The van der Waals surface area contributed by atoms with Gasteiger partial charge >= 0.3 is 6.03 Å². The van der Waals surface area contributed by atoms with Crippen LogP contribution in [0.3, 0.4) is 0 Å². The van der Waals surface area contributed by atoms with E-state index in [1.54, 1.807) is 24.3 Å². The average Bonchev–Trinajstić information content (AvgIpc) is 3.19. The van der Waals surface area contributed by atoms with Crippen LogP contribution < -0.4 is 5.32 Å². The molecular weight excluding hydrogens is 372 g/mol. The van der Waals surface area contributed by atoms with Crippen molar-refractivity contribution in [3.63, 3.8) is 0 Å². The Morgan fingerprint density at radius 1 is 0.931 bits per heavy atom. The van der Waals surface area contributed by atoms with Gasteiger partial charge in [-0.2, -0.15) is 5.10 Å². The summed E-state index contributed by atoms with van der Waals surface area (Å²) in [4.78, 5) is 12.7. The number of hydrogen-bond donors (Lipinski definition) is 1. The second-order valence-electron chi connectivity index (χ2n) is 6.82. The Labute approximate surface area is 167 Å². The first-order chi connectivity index (χ1) is 14.1. The summed E-state index contributed by atoms with van der Waals surface area (Å²) in [5.41, 5.74) is 3.19. The lowest BCUT2D eigenvalue weighted by molar-refractivity contribution is 0.203. The van der Waals surface area contributed by atoms with Crippen LogP contribution >= 0.6 is 0 Å². The zero-order valence-corrected chi connectivity index (χ0v) is 15.6. The third-order valence-electron chi connectivity index (χ3n) is 4.85. The van der Waals surface area contributed by atoms with Gasteiger partial charge in [0.05, 0.1) is 12.3 Å². The van der Waals surface area contributed by atoms with E-state index in [-0.39, 0.29) is 23.6 Å². The number of benzene rings is 3. The van der Waals surface area contributed by atoms with Crippen LogP contribution in [0.2, 0.25) is 0 Å². The van der Waals surface area contributed by atoms with Crippen molar-refractivity contribution in [2.75, 3.05) is 6.54 Å². The number of carbonyl (C=O) groups is 1. The predicted molar refractivity (Wildman–Crippen MR) is 107 cm³/mol. The highest BCUT2D eigenvalue weighted by Crippen LogP contribution is 2.29. The van der Waals surface area contributed by atoms with E-state index >= 15 is 0 Å². The maximum atomic E-state index is 13.4. The lowest BCUT2D eigenvalue weighted by Gasteiger charge is -2.16. The standard InChI is InChI=1S/C23H19F2N3O/c24-19-10-6-17(7-11-19)21-15-28(23(29)26-14-16-4-2-1-3-5-16)27-22(21)18-8-12-20(25)13-9-18/h1-13,21H,14-15H2,(H,26,29)/t21-/m1/s1. The number of nitrogens with one attached hydrogen (secondary N) is 1. The van der Waals surface area contributed by atoms with E-state index in [1.807, 2.05) is 30.3 Å². The number of urea groups is 1. The maximum Gasteiger partial charge on any atom is 0.338 e. The van der Waals surface area contributed by atoms with Gasteiger partial charge in [0, 0.05) is 12.5 Å². The molecule has 4 nitrogen and oxygen atoms in total. The van der Waals surface area contributed by atoms with E-state index in [9.17, 15) is 13.6 Å². The SMILES string of the molecule is O=C(NCc1ccccc1)N1C[C@H](c2ccc(F)cc2)C(c2ccc(F)cc2)=N1. The summed E-state index contributed by atoms with van der Waals surface area (Å²) in [6.45, 7) is 0.706. The zero-order chi connectivity index (χ0) is 20.2. The van der Waals surface area contributed by atoms with Crippen LogP contribution in [0.25, 0.3) is 0 Å². The van der Waals surface area contributed by atoms with Crippen LogP contribution in [0, 0.1) is 11.6 Å². The molecule has 29 heavy (non-hydrogen) atoms. The van der Waals surface area contributed by atoms with Crippen molar-refractivity contribution >= 4 is 11.7 Å². The van der Waals surface area contributed by atoms with Crippen LogP contribution in [0.1, 0.15) is 22.6 Å². The van der Waals surface area contributed by atoms with Gasteiger partial charge in [0.15, 0.2) is 0 Å². The fourth-order valence-electron chi connectivity index (χ4n) is 3.33. The second kappa shape index (κ2) is 8.22. The molecule has 6 heteroatoms. The number of hydrogen-bond acceptors (Lipinski definition) is 2. The van der Waals surface area contributed by atoms with Crippen LogP contribution in [-0.2, 0) is 6.54 Å². The molecule has 0 bridgehead atoms. The molecule has 0 saturated heterocycles. The molecular formula is C23H19F2N3O. The van der Waals surface area contributed by atoms with Crippen molar-refractivity contribution in [2.24, 2.45) is 5.10 Å². The molecule has 0 aliphatic carbocycles. The number of hydrazone groups is 1. The first-order valence-corrected chi connectivity index (χ1v) is 9.29. The van der Waals surface area contributed by atoms with Gasteiger partial charge in [0.25, 0.3) is 0 Å². The van der Waals surface area contributed by atoms with Crippen molar-refractivity contribution in [3.05, 3.63) is 107 Å². The average molecular weight is 391 g/mol. The number of carbonyl (C=O) groups excluding carboxylic acids is 1. The zero-order valence-electron chi connectivity index (χ0n) is 15.6. The molecule has 1 heterocycles. The quantitative estimate of drug-likeness (QED) is 0.690.